The van der Waals surface area contributed by atoms with E-state index in [0.717, 1.165) is 44.2 Å². The summed E-state index contributed by atoms with van der Waals surface area (Å²) in [6.07, 6.45) is 6.24. The van der Waals surface area contributed by atoms with Gasteiger partial charge in [0.2, 0.25) is 5.91 Å². The van der Waals surface area contributed by atoms with Gasteiger partial charge < -0.3 is 10.6 Å². The Hall–Kier alpha value is -1.35. The Bertz CT molecular complexity index is 427. The molecule has 1 amide bonds. The van der Waals surface area contributed by atoms with E-state index >= 15 is 0 Å². The van der Waals surface area contributed by atoms with E-state index in [-0.39, 0.29) is 11.9 Å². The summed E-state index contributed by atoms with van der Waals surface area (Å²) in [6, 6.07) is 8.45. The van der Waals surface area contributed by atoms with Crippen molar-refractivity contribution in [3.8, 4) is 0 Å². The van der Waals surface area contributed by atoms with Gasteiger partial charge in [0, 0.05) is 25.6 Å². The molecule has 3 nitrogen and oxygen atoms in total. The van der Waals surface area contributed by atoms with E-state index in [0.29, 0.717) is 13.0 Å². The zero-order chi connectivity index (χ0) is 14.4. The van der Waals surface area contributed by atoms with Crippen molar-refractivity contribution in [1.82, 2.24) is 4.90 Å². The second-order valence-corrected chi connectivity index (χ2v) is 5.75. The molecule has 20 heavy (non-hydrogen) atoms. The largest absolute Gasteiger partial charge is 0.341 e. The SMILES string of the molecule is CCCc1ccc(C(N)CN2CCCCCC2=O)cc1. The van der Waals surface area contributed by atoms with E-state index in [1.54, 1.807) is 0 Å². The van der Waals surface area contributed by atoms with Gasteiger partial charge in [-0.15, -0.1) is 0 Å². The molecule has 1 unspecified atom stereocenters. The highest BCUT2D eigenvalue weighted by atomic mass is 16.2. The van der Waals surface area contributed by atoms with Crippen molar-refractivity contribution in [3.05, 3.63) is 35.4 Å². The second-order valence-electron chi connectivity index (χ2n) is 5.75. The number of rotatable bonds is 5. The summed E-state index contributed by atoms with van der Waals surface area (Å²) in [5.74, 6) is 0.264. The number of amides is 1. The lowest BCUT2D eigenvalue weighted by atomic mass is 10.0. The van der Waals surface area contributed by atoms with Gasteiger partial charge in [-0.25, -0.2) is 0 Å². The summed E-state index contributed by atoms with van der Waals surface area (Å²) < 4.78 is 0. The van der Waals surface area contributed by atoms with Crippen LogP contribution in [0.4, 0.5) is 0 Å². The molecule has 2 N–H and O–H groups in total. The van der Waals surface area contributed by atoms with Crippen LogP contribution in [0.1, 0.15) is 56.2 Å². The number of carbonyl (C=O) groups excluding carboxylic acids is 1. The molecule has 1 atom stereocenters. The lowest BCUT2D eigenvalue weighted by molar-refractivity contribution is -0.130. The van der Waals surface area contributed by atoms with Crippen LogP contribution in [0.2, 0.25) is 0 Å². The molecule has 1 aromatic carbocycles. The molecule has 0 aromatic heterocycles. The fourth-order valence-corrected chi connectivity index (χ4v) is 2.79. The van der Waals surface area contributed by atoms with Crippen LogP contribution in [0, 0.1) is 0 Å². The molecule has 1 aliphatic heterocycles. The monoisotopic (exact) mass is 274 g/mol. The van der Waals surface area contributed by atoms with Gasteiger partial charge in [0.15, 0.2) is 0 Å². The molecule has 1 aliphatic rings. The summed E-state index contributed by atoms with van der Waals surface area (Å²) in [4.78, 5) is 13.9. The third kappa shape index (κ3) is 4.07. The van der Waals surface area contributed by atoms with Crippen LogP contribution in [-0.4, -0.2) is 23.9 Å². The zero-order valence-corrected chi connectivity index (χ0v) is 12.5. The summed E-state index contributed by atoms with van der Waals surface area (Å²) in [7, 11) is 0. The maximum atomic E-state index is 12.0. The predicted octanol–water partition coefficient (Wildman–Crippen LogP) is 3.04. The maximum absolute atomic E-state index is 12.0. The first kappa shape index (κ1) is 15.0. The summed E-state index contributed by atoms with van der Waals surface area (Å²) >= 11 is 0. The highest BCUT2D eigenvalue weighted by Gasteiger charge is 2.19. The van der Waals surface area contributed by atoms with Crippen molar-refractivity contribution in [2.45, 2.75) is 51.5 Å². The van der Waals surface area contributed by atoms with E-state index in [2.05, 4.69) is 31.2 Å². The van der Waals surface area contributed by atoms with Crippen LogP contribution >= 0.6 is 0 Å². The molecule has 0 aliphatic carbocycles. The van der Waals surface area contributed by atoms with E-state index in [4.69, 9.17) is 5.73 Å². The average Bonchev–Trinajstić information content (AvgIpc) is 2.65. The minimum atomic E-state index is -0.0762. The fourth-order valence-electron chi connectivity index (χ4n) is 2.79. The molecule has 2 rings (SSSR count). The molecule has 3 heteroatoms. The smallest absolute Gasteiger partial charge is 0.222 e. The number of aryl methyl sites for hydroxylation is 1. The Morgan fingerprint density at radius 2 is 1.95 bits per heavy atom. The number of hydrogen-bond donors (Lipinski definition) is 1. The highest BCUT2D eigenvalue weighted by Crippen LogP contribution is 2.17. The average molecular weight is 274 g/mol. The second kappa shape index (κ2) is 7.44. The van der Waals surface area contributed by atoms with Gasteiger partial charge in [-0.3, -0.25) is 4.79 Å². The molecule has 0 radical (unpaired) electrons. The fraction of sp³-hybridized carbons (Fsp3) is 0.588. The Labute approximate surface area is 122 Å². The van der Waals surface area contributed by atoms with Crippen molar-refractivity contribution in [1.29, 1.82) is 0 Å². The predicted molar refractivity (Wildman–Crippen MR) is 82.4 cm³/mol. The molecular formula is C17H26N2O. The minimum Gasteiger partial charge on any atom is -0.341 e. The first-order valence-electron chi connectivity index (χ1n) is 7.83. The van der Waals surface area contributed by atoms with Gasteiger partial charge in [0.25, 0.3) is 0 Å². The Kier molecular flexibility index (Phi) is 5.60. The molecule has 0 bridgehead atoms. The van der Waals surface area contributed by atoms with Crippen molar-refractivity contribution >= 4 is 5.91 Å². The van der Waals surface area contributed by atoms with Crippen molar-refractivity contribution in [2.75, 3.05) is 13.1 Å². The lowest BCUT2D eigenvalue weighted by Crippen LogP contribution is -2.36. The maximum Gasteiger partial charge on any atom is 0.222 e. The molecule has 0 spiro atoms. The number of nitrogens with zero attached hydrogens (tertiary/aromatic N) is 1. The van der Waals surface area contributed by atoms with E-state index in [1.165, 1.54) is 5.56 Å². The molecule has 1 saturated heterocycles. The van der Waals surface area contributed by atoms with Crippen LogP contribution in [0.15, 0.2) is 24.3 Å². The van der Waals surface area contributed by atoms with Crippen LogP contribution in [0.25, 0.3) is 0 Å². The van der Waals surface area contributed by atoms with Gasteiger partial charge in [-0.2, -0.15) is 0 Å². The molecule has 0 saturated carbocycles. The molecular weight excluding hydrogens is 248 g/mol. The van der Waals surface area contributed by atoms with Gasteiger partial charge in [-0.1, -0.05) is 44.0 Å². The van der Waals surface area contributed by atoms with Crippen molar-refractivity contribution < 1.29 is 4.79 Å². The Morgan fingerprint density at radius 3 is 2.65 bits per heavy atom. The number of carbonyl (C=O) groups is 1. The van der Waals surface area contributed by atoms with Gasteiger partial charge >= 0.3 is 0 Å². The Morgan fingerprint density at radius 1 is 1.20 bits per heavy atom. The van der Waals surface area contributed by atoms with Gasteiger partial charge in [-0.05, 0) is 30.4 Å². The van der Waals surface area contributed by atoms with Gasteiger partial charge in [0.1, 0.15) is 0 Å². The van der Waals surface area contributed by atoms with Crippen molar-refractivity contribution in [3.63, 3.8) is 0 Å². The number of benzene rings is 1. The quantitative estimate of drug-likeness (QED) is 0.897. The molecule has 1 aromatic rings. The van der Waals surface area contributed by atoms with E-state index in [1.807, 2.05) is 4.90 Å². The van der Waals surface area contributed by atoms with E-state index in [9.17, 15) is 4.79 Å². The third-order valence-corrected chi connectivity index (χ3v) is 4.04. The normalized spacial score (nSPS) is 17.9. The van der Waals surface area contributed by atoms with Crippen LogP contribution in [-0.2, 0) is 11.2 Å². The molecule has 1 heterocycles. The first-order valence-corrected chi connectivity index (χ1v) is 7.83. The first-order chi connectivity index (χ1) is 9.70. The number of hydrogen-bond acceptors (Lipinski definition) is 2. The lowest BCUT2D eigenvalue weighted by Gasteiger charge is -2.24. The summed E-state index contributed by atoms with van der Waals surface area (Å²) in [5.41, 5.74) is 8.75. The van der Waals surface area contributed by atoms with Crippen molar-refractivity contribution in [2.24, 2.45) is 5.73 Å². The summed E-state index contributed by atoms with van der Waals surface area (Å²) in [6.45, 7) is 3.69. The van der Waals surface area contributed by atoms with Gasteiger partial charge in [0.05, 0.1) is 0 Å². The number of nitrogens with two attached hydrogens (primary N) is 1. The highest BCUT2D eigenvalue weighted by molar-refractivity contribution is 5.76. The topological polar surface area (TPSA) is 46.3 Å². The zero-order valence-electron chi connectivity index (χ0n) is 12.5. The van der Waals surface area contributed by atoms with Crippen LogP contribution < -0.4 is 5.73 Å². The standard InChI is InChI=1S/C17H26N2O/c1-2-6-14-8-10-15(11-9-14)16(18)13-19-12-5-3-4-7-17(19)20/h8-11,16H,2-7,12-13,18H2,1H3. The molecule has 1 fully saturated rings. The van der Waals surface area contributed by atoms with Crippen LogP contribution in [0.5, 0.6) is 0 Å². The Balaban J connectivity index is 1.96. The molecule has 110 valence electrons. The van der Waals surface area contributed by atoms with E-state index < -0.39 is 0 Å². The number of likely N-dealkylation sites (tertiary alicyclic amines) is 1. The third-order valence-electron chi connectivity index (χ3n) is 4.04. The minimum absolute atomic E-state index is 0.0762. The summed E-state index contributed by atoms with van der Waals surface area (Å²) in [5, 5.41) is 0. The van der Waals surface area contributed by atoms with Crippen LogP contribution in [0.3, 0.4) is 0 Å².